The first kappa shape index (κ1) is 22.9. The van der Waals surface area contributed by atoms with E-state index in [2.05, 4.69) is 84.1 Å². The van der Waals surface area contributed by atoms with Crippen LogP contribution >= 0.6 is 11.8 Å². The number of benzene rings is 3. The molecule has 0 aliphatic heterocycles. The van der Waals surface area contributed by atoms with E-state index in [0.717, 1.165) is 33.7 Å². The number of hydrogen-bond donors (Lipinski definition) is 0. The number of ether oxygens (including phenoxy) is 1. The molecule has 0 saturated heterocycles. The maximum Gasteiger partial charge on any atom is 0.196 e. The summed E-state index contributed by atoms with van der Waals surface area (Å²) >= 11 is 1.67. The van der Waals surface area contributed by atoms with Gasteiger partial charge in [0.2, 0.25) is 0 Å². The van der Waals surface area contributed by atoms with Crippen LogP contribution in [0.5, 0.6) is 5.75 Å². The van der Waals surface area contributed by atoms with E-state index < -0.39 is 0 Å². The lowest BCUT2D eigenvalue weighted by molar-refractivity contribution is 0.414. The van der Waals surface area contributed by atoms with Gasteiger partial charge in [-0.2, -0.15) is 0 Å². The van der Waals surface area contributed by atoms with Crippen LogP contribution in [0.3, 0.4) is 0 Å². The van der Waals surface area contributed by atoms with Gasteiger partial charge in [0, 0.05) is 17.0 Å². The van der Waals surface area contributed by atoms with Crippen LogP contribution in [0.1, 0.15) is 31.9 Å². The van der Waals surface area contributed by atoms with Crippen molar-refractivity contribution < 1.29 is 4.74 Å². The standard InChI is InChI=1S/C28H29N3OS/c1-28(2,3)23-14-12-22(13-15-23)26-29-30-27(31(26)24-16-18-25(32-4)19-17-24)33-20-8-11-21-9-6-5-7-10-21/h5-19H,20H2,1-4H3. The summed E-state index contributed by atoms with van der Waals surface area (Å²) in [6.07, 6.45) is 4.29. The summed E-state index contributed by atoms with van der Waals surface area (Å²) in [5.74, 6) is 2.45. The molecule has 4 aromatic rings. The fraction of sp³-hybridized carbons (Fsp3) is 0.214. The van der Waals surface area contributed by atoms with Crippen LogP contribution in [0, 0.1) is 0 Å². The Labute approximate surface area is 200 Å². The van der Waals surface area contributed by atoms with Crippen LogP contribution in [0.4, 0.5) is 0 Å². The SMILES string of the molecule is COc1ccc(-n2c(SCC=Cc3ccccc3)nnc2-c2ccc(C(C)(C)C)cc2)cc1. The van der Waals surface area contributed by atoms with E-state index in [1.165, 1.54) is 11.1 Å². The Morgan fingerprint density at radius 2 is 1.58 bits per heavy atom. The van der Waals surface area contributed by atoms with Gasteiger partial charge in [-0.05, 0) is 40.8 Å². The molecule has 1 heterocycles. The molecule has 0 fully saturated rings. The molecule has 0 radical (unpaired) electrons. The van der Waals surface area contributed by atoms with E-state index in [9.17, 15) is 0 Å². The van der Waals surface area contributed by atoms with Gasteiger partial charge in [0.15, 0.2) is 11.0 Å². The van der Waals surface area contributed by atoms with Crippen molar-refractivity contribution in [2.75, 3.05) is 12.9 Å². The summed E-state index contributed by atoms with van der Waals surface area (Å²) in [6.45, 7) is 6.67. The molecular weight excluding hydrogens is 426 g/mol. The van der Waals surface area contributed by atoms with Crippen molar-refractivity contribution in [1.29, 1.82) is 0 Å². The minimum atomic E-state index is 0.105. The van der Waals surface area contributed by atoms with Gasteiger partial charge in [-0.15, -0.1) is 10.2 Å². The summed E-state index contributed by atoms with van der Waals surface area (Å²) in [5, 5.41) is 9.96. The first-order chi connectivity index (χ1) is 16.0. The molecule has 0 atom stereocenters. The Morgan fingerprint density at radius 1 is 0.879 bits per heavy atom. The summed E-state index contributed by atoms with van der Waals surface area (Å²) in [5.41, 5.74) is 4.63. The minimum absolute atomic E-state index is 0.105. The normalized spacial score (nSPS) is 11.8. The van der Waals surface area contributed by atoms with E-state index in [1.54, 1.807) is 18.9 Å². The lowest BCUT2D eigenvalue weighted by atomic mass is 9.87. The highest BCUT2D eigenvalue weighted by atomic mass is 32.2. The Kier molecular flexibility index (Phi) is 6.99. The maximum atomic E-state index is 5.34. The second kappa shape index (κ2) is 10.1. The molecule has 0 spiro atoms. The zero-order valence-electron chi connectivity index (χ0n) is 19.5. The average molecular weight is 456 g/mol. The number of hydrogen-bond acceptors (Lipinski definition) is 4. The molecule has 0 N–H and O–H groups in total. The molecule has 1 aromatic heterocycles. The molecule has 4 nitrogen and oxygen atoms in total. The zero-order valence-corrected chi connectivity index (χ0v) is 20.3. The van der Waals surface area contributed by atoms with Gasteiger partial charge in [-0.1, -0.05) is 99.3 Å². The topological polar surface area (TPSA) is 39.9 Å². The zero-order chi connectivity index (χ0) is 23.3. The molecule has 0 amide bonds. The first-order valence-corrected chi connectivity index (χ1v) is 12.0. The molecule has 0 unspecified atom stereocenters. The molecule has 3 aromatic carbocycles. The van der Waals surface area contributed by atoms with Crippen LogP contribution in [0.15, 0.2) is 90.1 Å². The molecule has 168 valence electrons. The van der Waals surface area contributed by atoms with E-state index in [-0.39, 0.29) is 5.41 Å². The second-order valence-electron chi connectivity index (χ2n) is 8.79. The summed E-state index contributed by atoms with van der Waals surface area (Å²) in [4.78, 5) is 0. The number of nitrogens with zero attached hydrogens (tertiary/aromatic N) is 3. The van der Waals surface area contributed by atoms with Crippen LogP contribution in [-0.4, -0.2) is 27.6 Å². The highest BCUT2D eigenvalue weighted by Crippen LogP contribution is 2.31. The molecular formula is C28H29N3OS. The minimum Gasteiger partial charge on any atom is -0.497 e. The van der Waals surface area contributed by atoms with Crippen molar-refractivity contribution in [3.8, 4) is 22.8 Å². The Balaban J connectivity index is 1.65. The van der Waals surface area contributed by atoms with Gasteiger partial charge in [0.1, 0.15) is 5.75 Å². The molecule has 0 saturated carbocycles. The highest BCUT2D eigenvalue weighted by molar-refractivity contribution is 7.99. The number of aromatic nitrogens is 3. The molecule has 4 rings (SSSR count). The van der Waals surface area contributed by atoms with Crippen LogP contribution < -0.4 is 4.74 Å². The van der Waals surface area contributed by atoms with Gasteiger partial charge in [-0.3, -0.25) is 4.57 Å². The smallest absolute Gasteiger partial charge is 0.196 e. The monoisotopic (exact) mass is 455 g/mol. The molecule has 5 heteroatoms. The van der Waals surface area contributed by atoms with Gasteiger partial charge in [0.05, 0.1) is 7.11 Å². The largest absolute Gasteiger partial charge is 0.497 e. The van der Waals surface area contributed by atoms with Gasteiger partial charge >= 0.3 is 0 Å². The first-order valence-electron chi connectivity index (χ1n) is 11.0. The van der Waals surface area contributed by atoms with Gasteiger partial charge < -0.3 is 4.74 Å². The number of rotatable bonds is 7. The Bertz CT molecular complexity index is 1200. The fourth-order valence-corrected chi connectivity index (χ4v) is 4.27. The summed E-state index contributed by atoms with van der Waals surface area (Å²) in [7, 11) is 1.68. The third-order valence-corrected chi connectivity index (χ3v) is 6.27. The Hall–Kier alpha value is -3.31. The van der Waals surface area contributed by atoms with Crippen LogP contribution in [0.2, 0.25) is 0 Å². The van der Waals surface area contributed by atoms with Crippen LogP contribution in [0.25, 0.3) is 23.2 Å². The van der Waals surface area contributed by atoms with Crippen molar-refractivity contribution in [1.82, 2.24) is 14.8 Å². The van der Waals surface area contributed by atoms with Gasteiger partial charge in [-0.25, -0.2) is 0 Å². The lowest BCUT2D eigenvalue weighted by Crippen LogP contribution is -2.10. The average Bonchev–Trinajstić information content (AvgIpc) is 3.26. The molecule has 0 aliphatic rings. The summed E-state index contributed by atoms with van der Waals surface area (Å²) < 4.78 is 7.46. The maximum absolute atomic E-state index is 5.34. The van der Waals surface area contributed by atoms with Gasteiger partial charge in [0.25, 0.3) is 0 Å². The molecule has 0 bridgehead atoms. The van der Waals surface area contributed by atoms with E-state index in [1.807, 2.05) is 42.5 Å². The Morgan fingerprint density at radius 3 is 2.21 bits per heavy atom. The fourth-order valence-electron chi connectivity index (χ4n) is 3.50. The van der Waals surface area contributed by atoms with Crippen molar-refractivity contribution in [3.63, 3.8) is 0 Å². The second-order valence-corrected chi connectivity index (χ2v) is 9.78. The number of thioether (sulfide) groups is 1. The van der Waals surface area contributed by atoms with Crippen molar-refractivity contribution >= 4 is 17.8 Å². The van der Waals surface area contributed by atoms with Crippen molar-refractivity contribution in [2.24, 2.45) is 0 Å². The lowest BCUT2D eigenvalue weighted by Gasteiger charge is -2.19. The summed E-state index contributed by atoms with van der Waals surface area (Å²) in [6, 6.07) is 26.9. The molecule has 0 aliphatic carbocycles. The highest BCUT2D eigenvalue weighted by Gasteiger charge is 2.18. The predicted molar refractivity (Wildman–Crippen MR) is 138 cm³/mol. The van der Waals surface area contributed by atoms with E-state index in [4.69, 9.17) is 4.74 Å². The van der Waals surface area contributed by atoms with Crippen molar-refractivity contribution in [2.45, 2.75) is 31.3 Å². The predicted octanol–water partition coefficient (Wildman–Crippen LogP) is 7.05. The number of methoxy groups -OCH3 is 1. The van der Waals surface area contributed by atoms with E-state index >= 15 is 0 Å². The van der Waals surface area contributed by atoms with Crippen LogP contribution in [-0.2, 0) is 5.41 Å². The molecule has 33 heavy (non-hydrogen) atoms. The third kappa shape index (κ3) is 5.55. The third-order valence-electron chi connectivity index (χ3n) is 5.39. The van der Waals surface area contributed by atoms with Crippen molar-refractivity contribution in [3.05, 3.63) is 96.1 Å². The van der Waals surface area contributed by atoms with E-state index in [0.29, 0.717) is 0 Å². The quantitative estimate of drug-likeness (QED) is 0.280.